The van der Waals surface area contributed by atoms with Gasteiger partial charge in [0.15, 0.2) is 5.69 Å². The van der Waals surface area contributed by atoms with Crippen LogP contribution in [-0.2, 0) is 14.2 Å². The van der Waals surface area contributed by atoms with E-state index >= 15 is 0 Å². The van der Waals surface area contributed by atoms with Crippen LogP contribution in [0.25, 0.3) is 11.3 Å². The van der Waals surface area contributed by atoms with Gasteiger partial charge < -0.3 is 14.2 Å². The number of nitrogens with zero attached hydrogens (tertiary/aromatic N) is 1. The molecule has 0 fully saturated rings. The lowest BCUT2D eigenvalue weighted by Crippen LogP contribution is -2.20. The molecule has 0 saturated heterocycles. The van der Waals surface area contributed by atoms with Crippen molar-refractivity contribution in [3.05, 3.63) is 53.2 Å². The molecule has 0 saturated carbocycles. The molecule has 0 bridgehead atoms. The largest absolute Gasteiger partial charge is 0.465 e. The van der Waals surface area contributed by atoms with E-state index in [1.165, 1.54) is 13.2 Å². The van der Waals surface area contributed by atoms with Gasteiger partial charge in [-0.1, -0.05) is 30.3 Å². The van der Waals surface area contributed by atoms with Gasteiger partial charge in [0.1, 0.15) is 5.56 Å². The molecule has 0 spiro atoms. The number of methoxy groups -OCH3 is 3. The van der Waals surface area contributed by atoms with E-state index in [9.17, 15) is 14.4 Å². The first-order valence-electron chi connectivity index (χ1n) is 6.88. The zero-order valence-electron chi connectivity index (χ0n) is 13.4. The highest BCUT2D eigenvalue weighted by Gasteiger charge is 2.29. The first-order chi connectivity index (χ1) is 11.5. The Kier molecular flexibility index (Phi) is 5.26. The molecule has 24 heavy (non-hydrogen) atoms. The van der Waals surface area contributed by atoms with Gasteiger partial charge in [-0.25, -0.2) is 19.4 Å². The van der Waals surface area contributed by atoms with Crippen LogP contribution in [0.2, 0.25) is 0 Å². The van der Waals surface area contributed by atoms with Crippen LogP contribution in [0.5, 0.6) is 0 Å². The van der Waals surface area contributed by atoms with Gasteiger partial charge >= 0.3 is 17.9 Å². The van der Waals surface area contributed by atoms with Crippen LogP contribution in [0.3, 0.4) is 0 Å². The lowest BCUT2D eigenvalue weighted by atomic mass is 10.0. The predicted octanol–water partition coefficient (Wildman–Crippen LogP) is 2.11. The van der Waals surface area contributed by atoms with Crippen LogP contribution in [0.4, 0.5) is 0 Å². The molecule has 7 nitrogen and oxygen atoms in total. The summed E-state index contributed by atoms with van der Waals surface area (Å²) in [6.45, 7) is 0. The number of carbonyl (C=O) groups is 3. The van der Waals surface area contributed by atoms with Crippen molar-refractivity contribution in [2.75, 3.05) is 21.3 Å². The van der Waals surface area contributed by atoms with Crippen molar-refractivity contribution >= 4 is 17.9 Å². The molecular formula is C17H15NO6. The Hall–Kier alpha value is -3.22. The predicted molar refractivity (Wildman–Crippen MR) is 83.7 cm³/mol. The van der Waals surface area contributed by atoms with Gasteiger partial charge in [-0.2, -0.15) is 0 Å². The molecule has 0 amide bonds. The molecule has 0 aliphatic heterocycles. The van der Waals surface area contributed by atoms with E-state index in [0.717, 1.165) is 14.2 Å². The lowest BCUT2D eigenvalue weighted by Gasteiger charge is -2.12. The Labute approximate surface area is 138 Å². The summed E-state index contributed by atoms with van der Waals surface area (Å²) in [5, 5.41) is 0. The van der Waals surface area contributed by atoms with Crippen molar-refractivity contribution in [1.29, 1.82) is 0 Å². The highest BCUT2D eigenvalue weighted by Crippen LogP contribution is 2.24. The number of hydrogen-bond donors (Lipinski definition) is 0. The highest BCUT2D eigenvalue weighted by molar-refractivity contribution is 6.10. The zero-order chi connectivity index (χ0) is 17.7. The third-order valence-electron chi connectivity index (χ3n) is 3.26. The van der Waals surface area contributed by atoms with Crippen LogP contribution in [0.1, 0.15) is 31.2 Å². The normalized spacial score (nSPS) is 9.96. The molecule has 1 aromatic heterocycles. The van der Waals surface area contributed by atoms with Gasteiger partial charge in [0.2, 0.25) is 0 Å². The number of benzene rings is 1. The topological polar surface area (TPSA) is 91.8 Å². The second-order valence-corrected chi connectivity index (χ2v) is 4.62. The number of aromatic nitrogens is 1. The third-order valence-corrected chi connectivity index (χ3v) is 3.26. The van der Waals surface area contributed by atoms with Gasteiger partial charge in [-0.15, -0.1) is 0 Å². The number of pyridine rings is 1. The maximum absolute atomic E-state index is 12.1. The Morgan fingerprint density at radius 1 is 0.833 bits per heavy atom. The molecule has 0 atom stereocenters. The van der Waals surface area contributed by atoms with Crippen molar-refractivity contribution in [3.8, 4) is 11.3 Å². The van der Waals surface area contributed by atoms with Crippen LogP contribution >= 0.6 is 0 Å². The Morgan fingerprint density at radius 3 is 1.96 bits per heavy atom. The third kappa shape index (κ3) is 3.24. The van der Waals surface area contributed by atoms with Gasteiger partial charge in [-0.05, 0) is 6.07 Å². The number of carbonyl (C=O) groups excluding carboxylic acids is 3. The number of ether oxygens (including phenoxy) is 3. The summed E-state index contributed by atoms with van der Waals surface area (Å²) in [5.74, 6) is -2.54. The molecule has 0 radical (unpaired) electrons. The van der Waals surface area contributed by atoms with Gasteiger partial charge in [-0.3, -0.25) is 0 Å². The standard InChI is InChI=1S/C17H15NO6/c1-22-15(19)11-9-12(10-7-5-4-6-8-10)18-14(17(21)24-3)13(11)16(20)23-2/h4-9H,1-3H3. The van der Waals surface area contributed by atoms with E-state index in [1.54, 1.807) is 24.3 Å². The minimum atomic E-state index is -0.886. The fourth-order valence-electron chi connectivity index (χ4n) is 2.13. The van der Waals surface area contributed by atoms with E-state index < -0.39 is 17.9 Å². The Morgan fingerprint density at radius 2 is 1.42 bits per heavy atom. The summed E-state index contributed by atoms with van der Waals surface area (Å²) >= 11 is 0. The van der Waals surface area contributed by atoms with Gasteiger partial charge in [0.25, 0.3) is 0 Å². The smallest absolute Gasteiger partial charge is 0.357 e. The van der Waals surface area contributed by atoms with E-state index in [1.807, 2.05) is 6.07 Å². The van der Waals surface area contributed by atoms with Crippen LogP contribution < -0.4 is 0 Å². The minimum Gasteiger partial charge on any atom is -0.465 e. The summed E-state index contributed by atoms with van der Waals surface area (Å²) in [6.07, 6.45) is 0. The van der Waals surface area contributed by atoms with Crippen LogP contribution in [0, 0.1) is 0 Å². The molecule has 0 aliphatic carbocycles. The molecular weight excluding hydrogens is 314 g/mol. The maximum Gasteiger partial charge on any atom is 0.357 e. The molecule has 0 aliphatic rings. The molecule has 7 heteroatoms. The Bertz CT molecular complexity index is 748. The first-order valence-corrected chi connectivity index (χ1v) is 6.88. The van der Waals surface area contributed by atoms with Gasteiger partial charge in [0.05, 0.1) is 32.6 Å². The van der Waals surface area contributed by atoms with Gasteiger partial charge in [0, 0.05) is 5.56 Å². The fourth-order valence-corrected chi connectivity index (χ4v) is 2.13. The minimum absolute atomic E-state index is 0.126. The molecule has 2 aromatic rings. The summed E-state index contributed by atoms with van der Waals surface area (Å²) in [7, 11) is 3.46. The van der Waals surface area contributed by atoms with Crippen molar-refractivity contribution in [2.45, 2.75) is 0 Å². The monoisotopic (exact) mass is 329 g/mol. The van der Waals surface area contributed by atoms with Crippen LogP contribution in [-0.4, -0.2) is 44.2 Å². The fraction of sp³-hybridized carbons (Fsp3) is 0.176. The Balaban J connectivity index is 2.81. The van der Waals surface area contributed by atoms with Crippen molar-refractivity contribution in [2.24, 2.45) is 0 Å². The summed E-state index contributed by atoms with van der Waals surface area (Å²) in [4.78, 5) is 40.4. The van der Waals surface area contributed by atoms with Crippen molar-refractivity contribution in [3.63, 3.8) is 0 Å². The van der Waals surface area contributed by atoms with E-state index in [0.29, 0.717) is 11.3 Å². The highest BCUT2D eigenvalue weighted by atomic mass is 16.5. The van der Waals surface area contributed by atoms with E-state index in [4.69, 9.17) is 4.74 Å². The molecule has 124 valence electrons. The summed E-state index contributed by atoms with van der Waals surface area (Å²) < 4.78 is 14.0. The SMILES string of the molecule is COC(=O)c1cc(-c2ccccc2)nc(C(=O)OC)c1C(=O)OC. The van der Waals surface area contributed by atoms with E-state index in [2.05, 4.69) is 14.5 Å². The second-order valence-electron chi connectivity index (χ2n) is 4.62. The van der Waals surface area contributed by atoms with E-state index in [-0.39, 0.29) is 16.8 Å². The summed E-state index contributed by atoms with van der Waals surface area (Å²) in [5.41, 5.74) is 0.244. The molecule has 0 unspecified atom stereocenters. The molecule has 0 N–H and O–H groups in total. The zero-order valence-corrected chi connectivity index (χ0v) is 13.4. The number of hydrogen-bond acceptors (Lipinski definition) is 7. The summed E-state index contributed by atoms with van der Waals surface area (Å²) in [6, 6.07) is 10.3. The lowest BCUT2D eigenvalue weighted by molar-refractivity contribution is 0.0531. The number of esters is 3. The average Bonchev–Trinajstić information content (AvgIpc) is 2.65. The molecule has 1 heterocycles. The quantitative estimate of drug-likeness (QED) is 0.626. The second kappa shape index (κ2) is 7.36. The maximum atomic E-state index is 12.1. The van der Waals surface area contributed by atoms with Crippen molar-refractivity contribution in [1.82, 2.24) is 4.98 Å². The molecule has 1 aromatic carbocycles. The number of rotatable bonds is 4. The van der Waals surface area contributed by atoms with Crippen LogP contribution in [0.15, 0.2) is 36.4 Å². The average molecular weight is 329 g/mol. The van der Waals surface area contributed by atoms with Crippen molar-refractivity contribution < 1.29 is 28.6 Å². The first kappa shape index (κ1) is 17.1. The molecule has 2 rings (SSSR count).